The Labute approximate surface area is 134 Å². The average molecular weight is 332 g/mol. The number of likely N-dealkylation sites (N-methyl/N-ethyl adjacent to an activating group) is 1. The van der Waals surface area contributed by atoms with Crippen LogP contribution in [0.2, 0.25) is 0 Å². The van der Waals surface area contributed by atoms with Gasteiger partial charge in [-0.1, -0.05) is 0 Å². The molecule has 0 spiro atoms. The highest BCUT2D eigenvalue weighted by molar-refractivity contribution is 5.77. The summed E-state index contributed by atoms with van der Waals surface area (Å²) >= 11 is 0. The largest absolute Gasteiger partial charge is 0.411 e. The number of hydrogen-bond acceptors (Lipinski definition) is 3. The molecule has 0 saturated carbocycles. The quantitative estimate of drug-likeness (QED) is 0.853. The van der Waals surface area contributed by atoms with Crippen LogP contribution in [0.15, 0.2) is 18.5 Å². The number of amides is 1. The molecule has 1 aliphatic rings. The van der Waals surface area contributed by atoms with Crippen molar-refractivity contribution in [3.63, 3.8) is 0 Å². The van der Waals surface area contributed by atoms with E-state index in [0.717, 1.165) is 4.68 Å². The molecule has 0 aromatic carbocycles. The van der Waals surface area contributed by atoms with Crippen molar-refractivity contribution in [2.75, 3.05) is 13.6 Å². The zero-order chi connectivity index (χ0) is 17.4. The Bertz CT molecular complexity index is 531. The molecule has 2 heterocycles. The summed E-state index contributed by atoms with van der Waals surface area (Å²) in [6.07, 6.45) is -2.63. The number of carbonyl (C=O) groups excluding carboxylic acids is 1. The summed E-state index contributed by atoms with van der Waals surface area (Å²) in [4.78, 5) is 16.3. The zero-order valence-electron chi connectivity index (χ0n) is 13.8. The van der Waals surface area contributed by atoms with Crippen LogP contribution in [0.25, 0.3) is 0 Å². The van der Waals surface area contributed by atoms with Gasteiger partial charge in [0.15, 0.2) is 6.04 Å². The van der Waals surface area contributed by atoms with Gasteiger partial charge in [0, 0.05) is 37.1 Å². The zero-order valence-corrected chi connectivity index (χ0v) is 13.8. The molecule has 130 valence electrons. The highest BCUT2D eigenvalue weighted by atomic mass is 19.4. The van der Waals surface area contributed by atoms with Crippen LogP contribution in [-0.2, 0) is 4.79 Å². The summed E-state index contributed by atoms with van der Waals surface area (Å²) in [6, 6.07) is -0.664. The lowest BCUT2D eigenvalue weighted by atomic mass is 9.99. The smallest absolute Gasteiger partial charge is 0.334 e. The second-order valence-corrected chi connectivity index (χ2v) is 6.32. The van der Waals surface area contributed by atoms with Crippen molar-refractivity contribution in [3.05, 3.63) is 18.5 Å². The van der Waals surface area contributed by atoms with Gasteiger partial charge in [0.25, 0.3) is 0 Å². The van der Waals surface area contributed by atoms with Gasteiger partial charge in [-0.05, 0) is 33.9 Å². The van der Waals surface area contributed by atoms with Gasteiger partial charge in [-0.15, -0.1) is 0 Å². The van der Waals surface area contributed by atoms with E-state index < -0.39 is 24.5 Å². The summed E-state index contributed by atoms with van der Waals surface area (Å²) in [5.41, 5.74) is 0. The van der Waals surface area contributed by atoms with E-state index in [9.17, 15) is 18.0 Å². The molecule has 5 nitrogen and oxygen atoms in total. The molecule has 1 saturated heterocycles. The van der Waals surface area contributed by atoms with E-state index in [2.05, 4.69) is 10.00 Å². The summed E-state index contributed by atoms with van der Waals surface area (Å²) < 4.78 is 40.7. The van der Waals surface area contributed by atoms with Gasteiger partial charge >= 0.3 is 6.18 Å². The first kappa shape index (κ1) is 17.8. The van der Waals surface area contributed by atoms with Crippen LogP contribution < -0.4 is 0 Å². The molecule has 1 aromatic heterocycles. The van der Waals surface area contributed by atoms with E-state index in [-0.39, 0.29) is 18.1 Å². The topological polar surface area (TPSA) is 41.4 Å². The molecule has 1 amide bonds. The minimum atomic E-state index is -4.52. The number of halogens is 3. The maximum absolute atomic E-state index is 13.3. The number of carbonyl (C=O) groups is 1. The van der Waals surface area contributed by atoms with E-state index in [1.54, 1.807) is 4.90 Å². The van der Waals surface area contributed by atoms with Crippen molar-refractivity contribution in [3.8, 4) is 0 Å². The van der Waals surface area contributed by atoms with E-state index in [4.69, 9.17) is 0 Å². The highest BCUT2D eigenvalue weighted by Gasteiger charge is 2.45. The lowest BCUT2D eigenvalue weighted by Crippen LogP contribution is -2.62. The molecule has 0 aliphatic carbocycles. The maximum atomic E-state index is 13.3. The fourth-order valence-electron chi connectivity index (χ4n) is 3.24. The average Bonchev–Trinajstić information content (AvgIpc) is 2.94. The number of aromatic nitrogens is 2. The van der Waals surface area contributed by atoms with Crippen LogP contribution in [0.5, 0.6) is 0 Å². The standard InChI is InChI=1S/C15H23F3N4O/c1-10-9-20(4)11(2)12(3)22(10)14(23)8-13(15(16,17)18)21-7-5-6-19-21/h5-7,10-13H,8-9H2,1-4H3. The van der Waals surface area contributed by atoms with Crippen LogP contribution in [0.1, 0.15) is 33.2 Å². The third-order valence-corrected chi connectivity index (χ3v) is 4.74. The molecule has 23 heavy (non-hydrogen) atoms. The molecular formula is C15H23F3N4O. The van der Waals surface area contributed by atoms with Gasteiger partial charge < -0.3 is 4.90 Å². The van der Waals surface area contributed by atoms with Crippen molar-refractivity contribution in [1.82, 2.24) is 19.6 Å². The molecule has 0 N–H and O–H groups in total. The predicted octanol–water partition coefficient (Wildman–Crippen LogP) is 2.32. The van der Waals surface area contributed by atoms with Gasteiger partial charge in [0.2, 0.25) is 5.91 Å². The summed E-state index contributed by atoms with van der Waals surface area (Å²) in [5.74, 6) is -0.484. The van der Waals surface area contributed by atoms with E-state index in [1.807, 2.05) is 27.8 Å². The molecule has 4 atom stereocenters. The van der Waals surface area contributed by atoms with Crippen LogP contribution in [0.3, 0.4) is 0 Å². The molecule has 2 rings (SSSR count). The van der Waals surface area contributed by atoms with E-state index >= 15 is 0 Å². The van der Waals surface area contributed by atoms with Crippen molar-refractivity contribution in [2.24, 2.45) is 0 Å². The normalized spacial score (nSPS) is 28.0. The summed E-state index contributed by atoms with van der Waals surface area (Å²) in [5, 5.41) is 3.66. The van der Waals surface area contributed by atoms with Gasteiger partial charge in [-0.2, -0.15) is 18.3 Å². The SMILES string of the molecule is CC1C(C)N(C(=O)CC(n2cccn2)C(F)(F)F)C(C)CN1C. The lowest BCUT2D eigenvalue weighted by Gasteiger charge is -2.48. The molecule has 0 radical (unpaired) electrons. The minimum Gasteiger partial charge on any atom is -0.334 e. The fraction of sp³-hybridized carbons (Fsp3) is 0.733. The second-order valence-electron chi connectivity index (χ2n) is 6.32. The Kier molecular flexibility index (Phi) is 5.03. The van der Waals surface area contributed by atoms with E-state index in [1.165, 1.54) is 18.5 Å². The van der Waals surface area contributed by atoms with Gasteiger partial charge in [0.05, 0.1) is 6.42 Å². The van der Waals surface area contributed by atoms with Gasteiger partial charge in [0.1, 0.15) is 0 Å². The molecule has 8 heteroatoms. The first-order valence-corrected chi connectivity index (χ1v) is 7.70. The maximum Gasteiger partial charge on any atom is 0.411 e. The lowest BCUT2D eigenvalue weighted by molar-refractivity contribution is -0.179. The summed E-state index contributed by atoms with van der Waals surface area (Å²) in [6.45, 7) is 6.37. The number of nitrogens with zero attached hydrogens (tertiary/aromatic N) is 4. The molecule has 1 fully saturated rings. The molecule has 1 aromatic rings. The van der Waals surface area contributed by atoms with Crippen molar-refractivity contribution >= 4 is 5.91 Å². The van der Waals surface area contributed by atoms with Crippen molar-refractivity contribution in [1.29, 1.82) is 0 Å². The number of alkyl halides is 3. The summed E-state index contributed by atoms with van der Waals surface area (Å²) in [7, 11) is 1.96. The van der Waals surface area contributed by atoms with Gasteiger partial charge in [-0.25, -0.2) is 0 Å². The van der Waals surface area contributed by atoms with E-state index in [0.29, 0.717) is 6.54 Å². The Morgan fingerprint density at radius 2 is 1.96 bits per heavy atom. The Morgan fingerprint density at radius 3 is 2.48 bits per heavy atom. The molecule has 1 aliphatic heterocycles. The number of hydrogen-bond donors (Lipinski definition) is 0. The van der Waals surface area contributed by atoms with Crippen molar-refractivity contribution < 1.29 is 18.0 Å². The highest BCUT2D eigenvalue weighted by Crippen LogP contribution is 2.34. The minimum absolute atomic E-state index is 0.101. The predicted molar refractivity (Wildman–Crippen MR) is 79.8 cm³/mol. The van der Waals surface area contributed by atoms with Gasteiger partial charge in [-0.3, -0.25) is 14.4 Å². The Hall–Kier alpha value is -1.57. The van der Waals surface area contributed by atoms with Crippen molar-refractivity contribution in [2.45, 2.75) is 57.5 Å². The van der Waals surface area contributed by atoms with Crippen LogP contribution in [0.4, 0.5) is 13.2 Å². The molecular weight excluding hydrogens is 309 g/mol. The second kappa shape index (κ2) is 6.51. The first-order chi connectivity index (χ1) is 10.6. The monoisotopic (exact) mass is 332 g/mol. The third kappa shape index (κ3) is 3.68. The Balaban J connectivity index is 2.18. The molecule has 0 bridgehead atoms. The van der Waals surface area contributed by atoms with Crippen LogP contribution >= 0.6 is 0 Å². The Morgan fingerprint density at radius 1 is 1.30 bits per heavy atom. The molecule has 4 unspecified atom stereocenters. The number of rotatable bonds is 3. The fourth-order valence-corrected chi connectivity index (χ4v) is 3.24. The number of piperazine rings is 1. The van der Waals surface area contributed by atoms with Crippen LogP contribution in [-0.4, -0.2) is 63.4 Å². The van der Waals surface area contributed by atoms with Crippen LogP contribution in [0, 0.1) is 0 Å². The third-order valence-electron chi connectivity index (χ3n) is 4.74. The first-order valence-electron chi connectivity index (χ1n) is 7.70.